The average Bonchev–Trinajstić information content (AvgIpc) is 2.75. The van der Waals surface area contributed by atoms with Crippen LogP contribution in [-0.2, 0) is 14.3 Å². The third kappa shape index (κ3) is 5.20. The van der Waals surface area contributed by atoms with Gasteiger partial charge in [0.05, 0.1) is 18.4 Å². The molecule has 1 saturated heterocycles. The van der Waals surface area contributed by atoms with E-state index in [1.54, 1.807) is 53.4 Å². The van der Waals surface area contributed by atoms with Gasteiger partial charge < -0.3 is 10.1 Å². The Kier molecular flexibility index (Phi) is 7.12. The topological polar surface area (TPSA) is 88.1 Å². The Morgan fingerprint density at radius 2 is 1.87 bits per heavy atom. The van der Waals surface area contributed by atoms with Crippen LogP contribution >= 0.6 is 23.4 Å². The number of ether oxygens (including phenoxy) is 1. The molecule has 7 nitrogen and oxygen atoms in total. The van der Waals surface area contributed by atoms with Crippen LogP contribution in [0.3, 0.4) is 0 Å². The van der Waals surface area contributed by atoms with Crippen LogP contribution in [0.4, 0.5) is 11.4 Å². The van der Waals surface area contributed by atoms with E-state index in [-0.39, 0.29) is 18.2 Å². The average molecular weight is 446 g/mol. The second-order valence-electron chi connectivity index (χ2n) is 6.38. The van der Waals surface area contributed by atoms with Crippen molar-refractivity contribution in [2.75, 3.05) is 19.0 Å². The van der Waals surface area contributed by atoms with Crippen molar-refractivity contribution in [1.82, 2.24) is 4.90 Å². The number of anilines is 1. The lowest BCUT2D eigenvalue weighted by Crippen LogP contribution is -2.45. The van der Waals surface area contributed by atoms with Crippen molar-refractivity contribution in [3.63, 3.8) is 0 Å². The number of amides is 2. The Balaban J connectivity index is 1.75. The SMILES string of the molecule is CCN1C(=O)CC(C(=O)Nc2ccc(C(=O)OC)cc2)SC1=Nc1ccc(Cl)cc1. The van der Waals surface area contributed by atoms with E-state index in [4.69, 9.17) is 11.6 Å². The van der Waals surface area contributed by atoms with Gasteiger partial charge in [-0.3, -0.25) is 14.5 Å². The number of benzene rings is 2. The van der Waals surface area contributed by atoms with Gasteiger partial charge in [-0.25, -0.2) is 9.79 Å². The second kappa shape index (κ2) is 9.77. The summed E-state index contributed by atoms with van der Waals surface area (Å²) in [5.41, 5.74) is 1.55. The molecule has 0 bridgehead atoms. The molecule has 1 heterocycles. The second-order valence-corrected chi connectivity index (χ2v) is 7.98. The minimum atomic E-state index is -0.619. The zero-order valence-corrected chi connectivity index (χ0v) is 18.0. The number of amidine groups is 1. The number of methoxy groups -OCH3 is 1. The first-order valence-corrected chi connectivity index (χ1v) is 10.5. The van der Waals surface area contributed by atoms with E-state index in [0.29, 0.717) is 33.7 Å². The van der Waals surface area contributed by atoms with Gasteiger partial charge in [0.25, 0.3) is 0 Å². The molecule has 2 aromatic rings. The lowest BCUT2D eigenvalue weighted by molar-refractivity contribution is -0.129. The van der Waals surface area contributed by atoms with Gasteiger partial charge in [-0.1, -0.05) is 23.4 Å². The predicted octanol–water partition coefficient (Wildman–Crippen LogP) is 4.11. The molecule has 156 valence electrons. The lowest BCUT2D eigenvalue weighted by Gasteiger charge is -2.30. The molecule has 0 aromatic heterocycles. The summed E-state index contributed by atoms with van der Waals surface area (Å²) in [6.45, 7) is 2.32. The molecular formula is C21H20ClN3O4S. The highest BCUT2D eigenvalue weighted by Crippen LogP contribution is 2.30. The maximum absolute atomic E-state index is 12.8. The molecule has 30 heavy (non-hydrogen) atoms. The number of hydrogen-bond acceptors (Lipinski definition) is 6. The summed E-state index contributed by atoms with van der Waals surface area (Å²) in [4.78, 5) is 43.0. The Hall–Kier alpha value is -2.84. The van der Waals surface area contributed by atoms with E-state index < -0.39 is 11.2 Å². The summed E-state index contributed by atoms with van der Waals surface area (Å²) >= 11 is 7.16. The summed E-state index contributed by atoms with van der Waals surface area (Å²) in [6, 6.07) is 13.3. The van der Waals surface area contributed by atoms with Gasteiger partial charge in [0, 0.05) is 23.7 Å². The fourth-order valence-electron chi connectivity index (χ4n) is 2.81. The number of carbonyl (C=O) groups excluding carboxylic acids is 3. The van der Waals surface area contributed by atoms with Crippen LogP contribution < -0.4 is 5.32 Å². The number of aliphatic imine (C=N–C) groups is 1. The minimum absolute atomic E-state index is 0.0736. The quantitative estimate of drug-likeness (QED) is 0.700. The van der Waals surface area contributed by atoms with E-state index >= 15 is 0 Å². The van der Waals surface area contributed by atoms with Crippen molar-refractivity contribution >= 4 is 57.7 Å². The summed E-state index contributed by atoms with van der Waals surface area (Å²) in [6.07, 6.45) is 0.0736. The van der Waals surface area contributed by atoms with Gasteiger partial charge in [-0.2, -0.15) is 0 Å². The summed E-state index contributed by atoms with van der Waals surface area (Å²) in [7, 11) is 1.30. The molecule has 1 aliphatic rings. The number of esters is 1. The molecule has 0 saturated carbocycles. The van der Waals surface area contributed by atoms with Crippen LogP contribution in [0.25, 0.3) is 0 Å². The van der Waals surface area contributed by atoms with Crippen molar-refractivity contribution in [3.8, 4) is 0 Å². The fraction of sp³-hybridized carbons (Fsp3) is 0.238. The summed E-state index contributed by atoms with van der Waals surface area (Å²) < 4.78 is 4.66. The first-order chi connectivity index (χ1) is 14.4. The van der Waals surface area contributed by atoms with Crippen molar-refractivity contribution in [2.24, 2.45) is 4.99 Å². The number of halogens is 1. The molecule has 3 rings (SSSR count). The van der Waals surface area contributed by atoms with Crippen LogP contribution in [0, 0.1) is 0 Å². The zero-order chi connectivity index (χ0) is 21.7. The minimum Gasteiger partial charge on any atom is -0.465 e. The van der Waals surface area contributed by atoms with Crippen molar-refractivity contribution in [1.29, 1.82) is 0 Å². The van der Waals surface area contributed by atoms with E-state index in [2.05, 4.69) is 15.0 Å². The molecule has 0 aliphatic carbocycles. The Bertz CT molecular complexity index is 977. The van der Waals surface area contributed by atoms with Gasteiger partial charge in [-0.05, 0) is 55.5 Å². The lowest BCUT2D eigenvalue weighted by atomic mass is 10.2. The Morgan fingerprint density at radius 1 is 1.20 bits per heavy atom. The number of nitrogens with zero attached hydrogens (tertiary/aromatic N) is 2. The van der Waals surface area contributed by atoms with Gasteiger partial charge in [-0.15, -0.1) is 0 Å². The summed E-state index contributed by atoms with van der Waals surface area (Å²) in [5.74, 6) is -0.923. The molecule has 1 fully saturated rings. The molecule has 0 radical (unpaired) electrons. The highest BCUT2D eigenvalue weighted by Gasteiger charge is 2.35. The third-order valence-electron chi connectivity index (χ3n) is 4.37. The van der Waals surface area contributed by atoms with Crippen molar-refractivity contribution in [3.05, 3.63) is 59.1 Å². The standard InChI is InChI=1S/C21H20ClN3O4S/c1-3-25-18(26)12-17(30-21(25)24-16-10-6-14(22)7-11-16)19(27)23-15-8-4-13(5-9-15)20(28)29-2/h4-11,17H,3,12H2,1-2H3,(H,23,27). The van der Waals surface area contributed by atoms with Gasteiger partial charge >= 0.3 is 5.97 Å². The van der Waals surface area contributed by atoms with E-state index in [0.717, 1.165) is 0 Å². The van der Waals surface area contributed by atoms with Crippen LogP contribution in [0.2, 0.25) is 5.02 Å². The fourth-order valence-corrected chi connectivity index (χ4v) is 4.10. The largest absolute Gasteiger partial charge is 0.465 e. The Labute approximate surface area is 183 Å². The Morgan fingerprint density at radius 3 is 2.47 bits per heavy atom. The van der Waals surface area contributed by atoms with Crippen molar-refractivity contribution in [2.45, 2.75) is 18.6 Å². The molecule has 1 aliphatic heterocycles. The molecule has 1 unspecified atom stereocenters. The van der Waals surface area contributed by atoms with E-state index in [1.807, 2.05) is 6.92 Å². The highest BCUT2D eigenvalue weighted by molar-refractivity contribution is 8.15. The molecular weight excluding hydrogens is 426 g/mol. The van der Waals surface area contributed by atoms with Crippen LogP contribution in [0.1, 0.15) is 23.7 Å². The first kappa shape index (κ1) is 21.9. The number of hydrogen-bond donors (Lipinski definition) is 1. The number of rotatable bonds is 5. The first-order valence-electron chi connectivity index (χ1n) is 9.21. The maximum atomic E-state index is 12.8. The van der Waals surface area contributed by atoms with Crippen LogP contribution in [-0.4, -0.2) is 46.8 Å². The zero-order valence-electron chi connectivity index (χ0n) is 16.4. The van der Waals surface area contributed by atoms with Gasteiger partial charge in [0.15, 0.2) is 5.17 Å². The monoisotopic (exact) mass is 445 g/mol. The molecule has 1 N–H and O–H groups in total. The van der Waals surface area contributed by atoms with Crippen LogP contribution in [0.5, 0.6) is 0 Å². The summed E-state index contributed by atoms with van der Waals surface area (Å²) in [5, 5.41) is 3.23. The van der Waals surface area contributed by atoms with Gasteiger partial charge in [0.2, 0.25) is 11.8 Å². The van der Waals surface area contributed by atoms with Crippen LogP contribution in [0.15, 0.2) is 53.5 Å². The number of carbonyl (C=O) groups is 3. The maximum Gasteiger partial charge on any atom is 0.337 e. The predicted molar refractivity (Wildman–Crippen MR) is 118 cm³/mol. The normalized spacial score (nSPS) is 17.7. The van der Waals surface area contributed by atoms with Crippen molar-refractivity contribution < 1.29 is 19.1 Å². The van der Waals surface area contributed by atoms with E-state index in [1.165, 1.54) is 18.9 Å². The third-order valence-corrected chi connectivity index (χ3v) is 5.81. The highest BCUT2D eigenvalue weighted by atomic mass is 35.5. The number of nitrogens with one attached hydrogen (secondary N) is 1. The molecule has 2 aromatic carbocycles. The number of thioether (sulfide) groups is 1. The van der Waals surface area contributed by atoms with E-state index in [9.17, 15) is 14.4 Å². The molecule has 2 amide bonds. The molecule has 1 atom stereocenters. The molecule has 0 spiro atoms. The molecule has 9 heteroatoms. The van der Waals surface area contributed by atoms with Gasteiger partial charge in [0.1, 0.15) is 5.25 Å². The smallest absolute Gasteiger partial charge is 0.337 e.